The second-order valence-corrected chi connectivity index (χ2v) is 3.37. The van der Waals surface area contributed by atoms with Crippen molar-refractivity contribution in [1.82, 2.24) is 0 Å². The van der Waals surface area contributed by atoms with Crippen molar-refractivity contribution in [1.29, 1.82) is 0 Å². The summed E-state index contributed by atoms with van der Waals surface area (Å²) in [6, 6.07) is 9.46. The SMILES string of the molecule is COc1cc(O)c2ccc(C)cc2c1. The Bertz CT molecular complexity index is 475. The van der Waals surface area contributed by atoms with Gasteiger partial charge in [0.1, 0.15) is 11.5 Å². The van der Waals surface area contributed by atoms with Gasteiger partial charge < -0.3 is 9.84 Å². The van der Waals surface area contributed by atoms with E-state index < -0.39 is 0 Å². The van der Waals surface area contributed by atoms with E-state index in [1.54, 1.807) is 13.2 Å². The highest BCUT2D eigenvalue weighted by atomic mass is 16.5. The third-order valence-electron chi connectivity index (χ3n) is 2.30. The maximum Gasteiger partial charge on any atom is 0.127 e. The van der Waals surface area contributed by atoms with Crippen LogP contribution < -0.4 is 4.74 Å². The molecule has 0 saturated heterocycles. The minimum absolute atomic E-state index is 0.263. The van der Waals surface area contributed by atoms with Gasteiger partial charge in [-0.15, -0.1) is 0 Å². The zero-order valence-corrected chi connectivity index (χ0v) is 8.24. The number of ether oxygens (including phenoxy) is 1. The molecule has 0 atom stereocenters. The van der Waals surface area contributed by atoms with Gasteiger partial charge in [-0.1, -0.05) is 23.8 Å². The van der Waals surface area contributed by atoms with E-state index in [0.717, 1.165) is 10.8 Å². The molecule has 0 heterocycles. The molecule has 0 aliphatic rings. The van der Waals surface area contributed by atoms with Crippen molar-refractivity contribution < 1.29 is 9.84 Å². The summed E-state index contributed by atoms with van der Waals surface area (Å²) >= 11 is 0. The molecule has 0 aliphatic carbocycles. The Kier molecular flexibility index (Phi) is 2.04. The predicted octanol–water partition coefficient (Wildman–Crippen LogP) is 2.86. The Morgan fingerprint density at radius 1 is 1.14 bits per heavy atom. The normalized spacial score (nSPS) is 10.4. The lowest BCUT2D eigenvalue weighted by Gasteiger charge is -2.05. The number of fused-ring (bicyclic) bond motifs is 1. The average Bonchev–Trinajstić information content (AvgIpc) is 2.16. The Morgan fingerprint density at radius 2 is 1.93 bits per heavy atom. The molecule has 14 heavy (non-hydrogen) atoms. The van der Waals surface area contributed by atoms with Crippen molar-refractivity contribution in [2.24, 2.45) is 0 Å². The third kappa shape index (κ3) is 1.39. The van der Waals surface area contributed by atoms with Gasteiger partial charge in [-0.25, -0.2) is 0 Å². The van der Waals surface area contributed by atoms with Crippen molar-refractivity contribution in [3.05, 3.63) is 35.9 Å². The van der Waals surface area contributed by atoms with Gasteiger partial charge in [-0.3, -0.25) is 0 Å². The van der Waals surface area contributed by atoms with Crippen molar-refractivity contribution in [2.75, 3.05) is 7.11 Å². The Morgan fingerprint density at radius 3 is 2.64 bits per heavy atom. The first kappa shape index (κ1) is 8.88. The average molecular weight is 188 g/mol. The lowest BCUT2D eigenvalue weighted by molar-refractivity contribution is 0.409. The molecule has 2 heteroatoms. The van der Waals surface area contributed by atoms with E-state index in [4.69, 9.17) is 4.74 Å². The van der Waals surface area contributed by atoms with Crippen LogP contribution in [0.5, 0.6) is 11.5 Å². The molecule has 0 aromatic heterocycles. The van der Waals surface area contributed by atoms with Gasteiger partial charge in [0.25, 0.3) is 0 Å². The maximum atomic E-state index is 9.69. The molecular weight excluding hydrogens is 176 g/mol. The second kappa shape index (κ2) is 3.22. The lowest BCUT2D eigenvalue weighted by atomic mass is 10.1. The summed E-state index contributed by atoms with van der Waals surface area (Å²) in [5.41, 5.74) is 1.17. The Labute approximate surface area is 82.8 Å². The minimum Gasteiger partial charge on any atom is -0.507 e. The molecular formula is C12H12O2. The summed E-state index contributed by atoms with van der Waals surface area (Å²) in [7, 11) is 1.59. The summed E-state index contributed by atoms with van der Waals surface area (Å²) < 4.78 is 5.08. The molecule has 2 aromatic carbocycles. The van der Waals surface area contributed by atoms with Crippen LogP contribution in [-0.2, 0) is 0 Å². The quantitative estimate of drug-likeness (QED) is 0.745. The predicted molar refractivity (Wildman–Crippen MR) is 56.9 cm³/mol. The number of hydrogen-bond acceptors (Lipinski definition) is 2. The van der Waals surface area contributed by atoms with E-state index in [0.29, 0.717) is 5.75 Å². The van der Waals surface area contributed by atoms with E-state index in [2.05, 4.69) is 0 Å². The number of methoxy groups -OCH3 is 1. The van der Waals surface area contributed by atoms with Gasteiger partial charge in [0, 0.05) is 11.5 Å². The number of benzene rings is 2. The summed E-state index contributed by atoms with van der Waals surface area (Å²) in [5, 5.41) is 11.6. The van der Waals surface area contributed by atoms with Crippen LogP contribution in [0.15, 0.2) is 30.3 Å². The molecule has 0 saturated carbocycles. The summed E-state index contributed by atoms with van der Waals surface area (Å²) in [6.45, 7) is 2.02. The molecule has 1 N–H and O–H groups in total. The van der Waals surface area contributed by atoms with E-state index in [9.17, 15) is 5.11 Å². The van der Waals surface area contributed by atoms with Gasteiger partial charge in [0.2, 0.25) is 0 Å². The van der Waals surface area contributed by atoms with Crippen LogP contribution in [0, 0.1) is 6.92 Å². The van der Waals surface area contributed by atoms with Crippen molar-refractivity contribution in [3.63, 3.8) is 0 Å². The largest absolute Gasteiger partial charge is 0.507 e. The van der Waals surface area contributed by atoms with Gasteiger partial charge in [-0.05, 0) is 18.4 Å². The molecule has 2 rings (SSSR count). The zero-order valence-electron chi connectivity index (χ0n) is 8.24. The molecule has 0 spiro atoms. The van der Waals surface area contributed by atoms with Crippen LogP contribution in [0.4, 0.5) is 0 Å². The smallest absolute Gasteiger partial charge is 0.127 e. The second-order valence-electron chi connectivity index (χ2n) is 3.37. The van der Waals surface area contributed by atoms with E-state index in [1.165, 1.54) is 5.56 Å². The van der Waals surface area contributed by atoms with Crippen LogP contribution in [0.3, 0.4) is 0 Å². The van der Waals surface area contributed by atoms with Crippen molar-refractivity contribution in [2.45, 2.75) is 6.92 Å². The standard InChI is InChI=1S/C12H12O2/c1-8-3-4-11-9(5-8)6-10(14-2)7-12(11)13/h3-7,13H,1-2H3. The first-order valence-corrected chi connectivity index (χ1v) is 4.48. The number of rotatable bonds is 1. The van der Waals surface area contributed by atoms with E-state index in [1.807, 2.05) is 31.2 Å². The first-order valence-electron chi connectivity index (χ1n) is 4.48. The minimum atomic E-state index is 0.263. The monoisotopic (exact) mass is 188 g/mol. The summed E-state index contributed by atoms with van der Waals surface area (Å²) in [5.74, 6) is 0.944. The Hall–Kier alpha value is -1.70. The summed E-state index contributed by atoms with van der Waals surface area (Å²) in [6.07, 6.45) is 0. The molecule has 2 aromatic rings. The number of phenolic OH excluding ortho intramolecular Hbond substituents is 1. The molecule has 0 radical (unpaired) electrons. The van der Waals surface area contributed by atoms with Crippen molar-refractivity contribution in [3.8, 4) is 11.5 Å². The van der Waals surface area contributed by atoms with E-state index in [-0.39, 0.29) is 5.75 Å². The van der Waals surface area contributed by atoms with Crippen LogP contribution in [-0.4, -0.2) is 12.2 Å². The van der Waals surface area contributed by atoms with E-state index >= 15 is 0 Å². The maximum absolute atomic E-state index is 9.69. The highest BCUT2D eigenvalue weighted by Crippen LogP contribution is 2.30. The van der Waals surface area contributed by atoms with Crippen LogP contribution in [0.25, 0.3) is 10.8 Å². The molecule has 0 unspecified atom stereocenters. The van der Waals surface area contributed by atoms with Crippen molar-refractivity contribution >= 4 is 10.8 Å². The van der Waals surface area contributed by atoms with Gasteiger partial charge >= 0.3 is 0 Å². The number of phenols is 1. The molecule has 0 fully saturated rings. The molecule has 2 nitrogen and oxygen atoms in total. The van der Waals surface area contributed by atoms with Gasteiger partial charge in [-0.2, -0.15) is 0 Å². The van der Waals surface area contributed by atoms with Crippen LogP contribution in [0.1, 0.15) is 5.56 Å². The fraction of sp³-hybridized carbons (Fsp3) is 0.167. The topological polar surface area (TPSA) is 29.5 Å². The molecule has 72 valence electrons. The van der Waals surface area contributed by atoms with Gasteiger partial charge in [0.15, 0.2) is 0 Å². The number of aromatic hydroxyl groups is 1. The highest BCUT2D eigenvalue weighted by Gasteiger charge is 2.02. The number of aryl methyl sites for hydroxylation is 1. The van der Waals surface area contributed by atoms with Crippen LogP contribution in [0.2, 0.25) is 0 Å². The first-order chi connectivity index (χ1) is 6.70. The van der Waals surface area contributed by atoms with Crippen LogP contribution >= 0.6 is 0 Å². The summed E-state index contributed by atoms with van der Waals surface area (Å²) in [4.78, 5) is 0. The zero-order chi connectivity index (χ0) is 10.1. The molecule has 0 bridgehead atoms. The lowest BCUT2D eigenvalue weighted by Crippen LogP contribution is -1.83. The van der Waals surface area contributed by atoms with Gasteiger partial charge in [0.05, 0.1) is 7.11 Å². The fourth-order valence-corrected chi connectivity index (χ4v) is 1.56. The highest BCUT2D eigenvalue weighted by molar-refractivity contribution is 5.90. The third-order valence-corrected chi connectivity index (χ3v) is 2.30. The fourth-order valence-electron chi connectivity index (χ4n) is 1.56. The Balaban J connectivity index is 2.77. The molecule has 0 amide bonds. The number of hydrogen-bond donors (Lipinski definition) is 1. The molecule has 0 aliphatic heterocycles.